The second-order valence-corrected chi connectivity index (χ2v) is 5.72. The van der Waals surface area contributed by atoms with E-state index in [9.17, 15) is 4.79 Å². The molecule has 4 N–H and O–H groups in total. The summed E-state index contributed by atoms with van der Waals surface area (Å²) in [5, 5.41) is 3.59. The Morgan fingerprint density at radius 1 is 1.47 bits per heavy atom. The van der Waals surface area contributed by atoms with Crippen molar-refractivity contribution in [2.24, 2.45) is 11.7 Å². The molecule has 1 aromatic carbocycles. The highest BCUT2D eigenvalue weighted by molar-refractivity contribution is 6.04. The van der Waals surface area contributed by atoms with Crippen LogP contribution in [0.1, 0.15) is 35.4 Å². The maximum Gasteiger partial charge on any atom is 0.250 e. The van der Waals surface area contributed by atoms with Crippen LogP contribution >= 0.6 is 0 Å². The first kappa shape index (κ1) is 11.0. The number of nitrogens with zero attached hydrogens (tertiary/aromatic N) is 1. The van der Waals surface area contributed by atoms with Gasteiger partial charge < -0.3 is 16.0 Å². The van der Waals surface area contributed by atoms with Crippen molar-refractivity contribution in [3.05, 3.63) is 29.6 Å². The van der Waals surface area contributed by atoms with Crippen molar-refractivity contribution in [1.82, 2.24) is 15.3 Å². The Morgan fingerprint density at radius 2 is 2.37 bits per heavy atom. The molecule has 1 amide bonds. The van der Waals surface area contributed by atoms with Crippen molar-refractivity contribution < 1.29 is 4.79 Å². The van der Waals surface area contributed by atoms with Crippen molar-refractivity contribution in [1.29, 1.82) is 0 Å². The standard InChI is InChI=1S/C14H16N4O/c15-12(19)9-2-1-3-10-11(9)18-13(17-10)14-5-4-8(6-14)7-16-14/h1-3,8,16H,4-7H2,(H2,15,19)(H,17,18)/t8-,14-/m1/s1. The van der Waals surface area contributed by atoms with Crippen LogP contribution in [-0.4, -0.2) is 22.4 Å². The lowest BCUT2D eigenvalue weighted by atomic mass is 9.98. The Labute approximate surface area is 110 Å². The van der Waals surface area contributed by atoms with Crippen LogP contribution in [0.25, 0.3) is 11.0 Å². The fourth-order valence-electron chi connectivity index (χ4n) is 3.58. The van der Waals surface area contributed by atoms with Crippen LogP contribution in [0.2, 0.25) is 0 Å². The molecule has 2 aromatic rings. The topological polar surface area (TPSA) is 83.8 Å². The van der Waals surface area contributed by atoms with Gasteiger partial charge in [-0.25, -0.2) is 4.98 Å². The number of imidazole rings is 1. The molecule has 1 aliphatic heterocycles. The van der Waals surface area contributed by atoms with Crippen molar-refractivity contribution in [3.63, 3.8) is 0 Å². The van der Waals surface area contributed by atoms with Crippen LogP contribution in [0.5, 0.6) is 0 Å². The highest BCUT2D eigenvalue weighted by Gasteiger charge is 2.47. The summed E-state index contributed by atoms with van der Waals surface area (Å²) in [5.41, 5.74) is 7.46. The Bertz CT molecular complexity index is 667. The van der Waals surface area contributed by atoms with E-state index < -0.39 is 5.91 Å². The van der Waals surface area contributed by atoms with E-state index in [0.717, 1.165) is 36.6 Å². The summed E-state index contributed by atoms with van der Waals surface area (Å²) in [6, 6.07) is 5.50. The van der Waals surface area contributed by atoms with Crippen LogP contribution in [0.15, 0.2) is 18.2 Å². The van der Waals surface area contributed by atoms with E-state index in [1.807, 2.05) is 12.1 Å². The van der Waals surface area contributed by atoms with E-state index in [2.05, 4.69) is 15.3 Å². The number of amides is 1. The predicted molar refractivity (Wildman–Crippen MR) is 71.6 cm³/mol. The fraction of sp³-hybridized carbons (Fsp3) is 0.429. The summed E-state index contributed by atoms with van der Waals surface area (Å²) in [6.07, 6.45) is 3.51. The zero-order valence-corrected chi connectivity index (χ0v) is 10.6. The molecule has 1 saturated carbocycles. The number of carbonyl (C=O) groups excluding carboxylic acids is 1. The zero-order valence-electron chi connectivity index (χ0n) is 10.6. The van der Waals surface area contributed by atoms with Crippen LogP contribution < -0.4 is 11.1 Å². The molecule has 4 rings (SSSR count). The quantitative estimate of drug-likeness (QED) is 0.756. The summed E-state index contributed by atoms with van der Waals surface area (Å²) >= 11 is 0. The van der Waals surface area contributed by atoms with Gasteiger partial charge >= 0.3 is 0 Å². The normalized spacial score (nSPS) is 29.2. The largest absolute Gasteiger partial charge is 0.366 e. The van der Waals surface area contributed by atoms with E-state index in [-0.39, 0.29) is 5.54 Å². The van der Waals surface area contributed by atoms with Crippen LogP contribution in [0.3, 0.4) is 0 Å². The second-order valence-electron chi connectivity index (χ2n) is 5.72. The molecule has 19 heavy (non-hydrogen) atoms. The third-order valence-electron chi connectivity index (χ3n) is 4.58. The van der Waals surface area contributed by atoms with Crippen molar-refractivity contribution in [2.75, 3.05) is 6.54 Å². The lowest BCUT2D eigenvalue weighted by Gasteiger charge is -2.25. The number of piperidine rings is 1. The zero-order chi connectivity index (χ0) is 13.0. The predicted octanol–water partition coefficient (Wildman–Crippen LogP) is 1.26. The third kappa shape index (κ3) is 1.45. The molecule has 5 nitrogen and oxygen atoms in total. The Balaban J connectivity index is 1.89. The van der Waals surface area contributed by atoms with Gasteiger partial charge in [0.2, 0.25) is 0 Å². The van der Waals surface area contributed by atoms with Gasteiger partial charge in [-0.05, 0) is 43.9 Å². The summed E-state index contributed by atoms with van der Waals surface area (Å²) in [4.78, 5) is 19.5. The molecule has 0 radical (unpaired) electrons. The highest BCUT2D eigenvalue weighted by atomic mass is 16.1. The molecular formula is C14H16N4O. The van der Waals surface area contributed by atoms with Crippen molar-refractivity contribution >= 4 is 16.9 Å². The van der Waals surface area contributed by atoms with Crippen LogP contribution in [0.4, 0.5) is 0 Å². The minimum atomic E-state index is -0.426. The number of fused-ring (bicyclic) bond motifs is 3. The highest BCUT2D eigenvalue weighted by Crippen LogP contribution is 2.46. The van der Waals surface area contributed by atoms with E-state index in [4.69, 9.17) is 5.73 Å². The number of aromatic nitrogens is 2. The van der Waals surface area contributed by atoms with Gasteiger partial charge in [0.1, 0.15) is 11.3 Å². The number of primary amides is 1. The molecule has 0 unspecified atom stereocenters. The Hall–Kier alpha value is -1.88. The first-order chi connectivity index (χ1) is 9.18. The molecule has 2 heterocycles. The van der Waals surface area contributed by atoms with Gasteiger partial charge in [0.05, 0.1) is 16.6 Å². The van der Waals surface area contributed by atoms with Gasteiger partial charge in [-0.1, -0.05) is 6.07 Å². The minimum Gasteiger partial charge on any atom is -0.366 e. The maximum absolute atomic E-state index is 11.5. The van der Waals surface area contributed by atoms with Crippen molar-refractivity contribution in [2.45, 2.75) is 24.8 Å². The number of nitrogens with two attached hydrogens (primary N) is 1. The molecule has 1 aromatic heterocycles. The number of aromatic amines is 1. The van der Waals surface area contributed by atoms with Gasteiger partial charge in [0.25, 0.3) is 5.91 Å². The third-order valence-corrected chi connectivity index (χ3v) is 4.58. The minimum absolute atomic E-state index is 0.0153. The number of para-hydroxylation sites is 1. The monoisotopic (exact) mass is 256 g/mol. The van der Waals surface area contributed by atoms with Crippen molar-refractivity contribution in [3.8, 4) is 0 Å². The molecule has 2 atom stereocenters. The molecule has 5 heteroatoms. The van der Waals surface area contributed by atoms with Gasteiger partial charge in [0.15, 0.2) is 0 Å². The lowest BCUT2D eigenvalue weighted by molar-refractivity contribution is 0.100. The van der Waals surface area contributed by atoms with Crippen LogP contribution in [-0.2, 0) is 5.54 Å². The average Bonchev–Trinajstić information content (AvgIpc) is 3.11. The SMILES string of the molecule is NC(=O)c1cccc2[nH]c([C@]34CC[C@@H](CN3)C4)nc12. The number of hydrogen-bond acceptors (Lipinski definition) is 3. The number of benzene rings is 1. The summed E-state index contributed by atoms with van der Waals surface area (Å²) in [6.45, 7) is 1.07. The number of nitrogens with one attached hydrogen (secondary N) is 2. The van der Waals surface area contributed by atoms with E-state index in [0.29, 0.717) is 11.1 Å². The molecular weight excluding hydrogens is 240 g/mol. The average molecular weight is 256 g/mol. The first-order valence-electron chi connectivity index (χ1n) is 6.72. The van der Waals surface area contributed by atoms with Crippen LogP contribution in [0, 0.1) is 5.92 Å². The summed E-state index contributed by atoms with van der Waals surface area (Å²) < 4.78 is 0. The molecule has 98 valence electrons. The molecule has 2 aliphatic rings. The molecule has 0 spiro atoms. The molecule has 1 saturated heterocycles. The van der Waals surface area contributed by atoms with E-state index in [1.54, 1.807) is 6.07 Å². The number of H-pyrrole nitrogens is 1. The number of hydrogen-bond donors (Lipinski definition) is 3. The maximum atomic E-state index is 11.5. The Morgan fingerprint density at radius 3 is 3.00 bits per heavy atom. The van der Waals surface area contributed by atoms with Gasteiger partial charge in [-0.3, -0.25) is 4.79 Å². The van der Waals surface area contributed by atoms with E-state index in [1.165, 1.54) is 6.42 Å². The summed E-state index contributed by atoms with van der Waals surface area (Å²) in [7, 11) is 0. The smallest absolute Gasteiger partial charge is 0.250 e. The molecule has 2 fully saturated rings. The van der Waals surface area contributed by atoms with Gasteiger partial charge in [0, 0.05) is 0 Å². The Kier molecular flexibility index (Phi) is 2.07. The van der Waals surface area contributed by atoms with E-state index >= 15 is 0 Å². The lowest BCUT2D eigenvalue weighted by Crippen LogP contribution is -2.38. The number of rotatable bonds is 2. The second kappa shape index (κ2) is 3.57. The number of carbonyl (C=O) groups is 1. The molecule has 2 bridgehead atoms. The first-order valence-corrected chi connectivity index (χ1v) is 6.72. The van der Waals surface area contributed by atoms with Gasteiger partial charge in [-0.2, -0.15) is 0 Å². The summed E-state index contributed by atoms with van der Waals surface area (Å²) in [5.74, 6) is 1.30. The fourth-order valence-corrected chi connectivity index (χ4v) is 3.58. The van der Waals surface area contributed by atoms with Gasteiger partial charge in [-0.15, -0.1) is 0 Å². The molecule has 1 aliphatic carbocycles.